The van der Waals surface area contributed by atoms with Crippen LogP contribution in [0.4, 0.5) is 0 Å². The van der Waals surface area contributed by atoms with Crippen molar-refractivity contribution in [3.05, 3.63) is 46.6 Å². The molecule has 228 valence electrons. The van der Waals surface area contributed by atoms with Gasteiger partial charge in [-0.3, -0.25) is 4.79 Å². The summed E-state index contributed by atoms with van der Waals surface area (Å²) in [7, 11) is 0. The zero-order valence-electron chi connectivity index (χ0n) is 21.9. The van der Waals surface area contributed by atoms with Gasteiger partial charge in [-0.15, -0.1) is 0 Å². The largest absolute Gasteiger partial charge is 0.507 e. The van der Waals surface area contributed by atoms with E-state index < -0.39 is 84.9 Å². The van der Waals surface area contributed by atoms with E-state index in [0.717, 1.165) is 18.2 Å². The van der Waals surface area contributed by atoms with Gasteiger partial charge in [0.05, 0.1) is 12.7 Å². The fraction of sp³-hybridized carbons (Fsp3) is 0.444. The van der Waals surface area contributed by atoms with Crippen LogP contribution in [0.15, 0.2) is 45.6 Å². The van der Waals surface area contributed by atoms with Gasteiger partial charge in [-0.05, 0) is 25.1 Å². The van der Waals surface area contributed by atoms with Gasteiger partial charge < -0.3 is 69.3 Å². The van der Waals surface area contributed by atoms with Crippen LogP contribution in [0, 0.1) is 0 Å². The molecule has 3 aromatic rings. The summed E-state index contributed by atoms with van der Waals surface area (Å²) in [5.74, 6) is -1.60. The number of aromatic hydroxyl groups is 3. The van der Waals surface area contributed by atoms with Gasteiger partial charge in [0.1, 0.15) is 64.9 Å². The third-order valence-electron chi connectivity index (χ3n) is 7.22. The van der Waals surface area contributed by atoms with E-state index in [1.54, 1.807) is 0 Å². The third kappa shape index (κ3) is 5.49. The first-order valence-corrected chi connectivity index (χ1v) is 12.9. The minimum atomic E-state index is -1.78. The van der Waals surface area contributed by atoms with E-state index in [4.69, 9.17) is 23.4 Å². The van der Waals surface area contributed by atoms with Crippen LogP contribution in [-0.4, -0.2) is 114 Å². The number of ether oxygens (including phenoxy) is 4. The first-order chi connectivity index (χ1) is 19.9. The molecule has 0 unspecified atom stereocenters. The van der Waals surface area contributed by atoms with E-state index in [1.807, 2.05) is 0 Å². The summed E-state index contributed by atoms with van der Waals surface area (Å²) in [6, 6.07) is 7.08. The highest BCUT2D eigenvalue weighted by atomic mass is 16.8. The molecule has 0 radical (unpaired) electrons. The smallest absolute Gasteiger partial charge is 0.229 e. The second kappa shape index (κ2) is 11.6. The number of hydrogen-bond donors (Lipinski definition) is 9. The Balaban J connectivity index is 1.48. The summed E-state index contributed by atoms with van der Waals surface area (Å²) in [6.45, 7) is 0.671. The molecule has 2 aliphatic heterocycles. The highest BCUT2D eigenvalue weighted by Crippen LogP contribution is 2.36. The molecule has 0 spiro atoms. The molecule has 42 heavy (non-hydrogen) atoms. The Hall–Kier alpha value is -3.51. The molecule has 2 saturated heterocycles. The predicted molar refractivity (Wildman–Crippen MR) is 139 cm³/mol. The lowest BCUT2D eigenvalue weighted by Crippen LogP contribution is -2.64. The van der Waals surface area contributed by atoms with Crippen LogP contribution in [0.3, 0.4) is 0 Å². The number of fused-ring (bicyclic) bond motifs is 1. The monoisotopic (exact) mass is 594 g/mol. The van der Waals surface area contributed by atoms with E-state index in [-0.39, 0.29) is 33.8 Å². The van der Waals surface area contributed by atoms with Crippen molar-refractivity contribution in [1.82, 2.24) is 0 Å². The topological polar surface area (TPSA) is 249 Å². The lowest BCUT2D eigenvalue weighted by molar-refractivity contribution is -0.354. The van der Waals surface area contributed by atoms with Crippen molar-refractivity contribution in [2.45, 2.75) is 68.3 Å². The minimum absolute atomic E-state index is 0.0216. The van der Waals surface area contributed by atoms with Crippen LogP contribution < -0.4 is 10.2 Å². The first-order valence-electron chi connectivity index (χ1n) is 12.9. The Morgan fingerprint density at radius 3 is 2.21 bits per heavy atom. The minimum Gasteiger partial charge on any atom is -0.507 e. The maximum atomic E-state index is 12.8. The van der Waals surface area contributed by atoms with E-state index in [0.29, 0.717) is 0 Å². The molecule has 0 aliphatic carbocycles. The zero-order valence-corrected chi connectivity index (χ0v) is 21.9. The fourth-order valence-corrected chi connectivity index (χ4v) is 4.84. The summed E-state index contributed by atoms with van der Waals surface area (Å²) in [6.07, 6.45) is -15.5. The molecule has 0 amide bonds. The quantitative estimate of drug-likeness (QED) is 0.149. The van der Waals surface area contributed by atoms with E-state index in [1.165, 1.54) is 25.1 Å². The molecule has 9 N–H and O–H groups in total. The molecular weight excluding hydrogens is 564 g/mol. The molecule has 15 nitrogen and oxygen atoms in total. The Labute approximate surface area is 236 Å². The number of aliphatic hydroxyl groups excluding tert-OH is 6. The molecule has 2 fully saturated rings. The van der Waals surface area contributed by atoms with Gasteiger partial charge in [-0.1, -0.05) is 0 Å². The zero-order chi connectivity index (χ0) is 30.5. The van der Waals surface area contributed by atoms with Gasteiger partial charge in [0, 0.05) is 23.8 Å². The van der Waals surface area contributed by atoms with Crippen molar-refractivity contribution in [3.63, 3.8) is 0 Å². The number of phenols is 3. The van der Waals surface area contributed by atoms with Gasteiger partial charge in [0.2, 0.25) is 6.29 Å². The maximum absolute atomic E-state index is 12.8. The van der Waals surface area contributed by atoms with Gasteiger partial charge in [0.25, 0.3) is 0 Å². The van der Waals surface area contributed by atoms with Crippen LogP contribution >= 0.6 is 0 Å². The lowest BCUT2D eigenvalue weighted by Gasteiger charge is -2.45. The molecule has 2 aromatic carbocycles. The summed E-state index contributed by atoms with van der Waals surface area (Å²) < 4.78 is 28.3. The maximum Gasteiger partial charge on any atom is 0.229 e. The second-order valence-corrected chi connectivity index (χ2v) is 10.1. The molecule has 10 atom stereocenters. The van der Waals surface area contributed by atoms with Gasteiger partial charge in [0.15, 0.2) is 29.3 Å². The second-order valence-electron chi connectivity index (χ2n) is 10.1. The van der Waals surface area contributed by atoms with Crippen LogP contribution in [-0.2, 0) is 14.2 Å². The number of aliphatic hydroxyl groups is 6. The van der Waals surface area contributed by atoms with Crippen molar-refractivity contribution in [3.8, 4) is 34.3 Å². The van der Waals surface area contributed by atoms with Crippen LogP contribution in [0.2, 0.25) is 0 Å². The number of hydrogen-bond acceptors (Lipinski definition) is 15. The van der Waals surface area contributed by atoms with E-state index >= 15 is 0 Å². The molecule has 0 bridgehead atoms. The Kier molecular flexibility index (Phi) is 8.30. The normalized spacial score (nSPS) is 33.5. The third-order valence-corrected chi connectivity index (χ3v) is 7.22. The summed E-state index contributed by atoms with van der Waals surface area (Å²) >= 11 is 0. The first kappa shape index (κ1) is 30.0. The highest BCUT2D eigenvalue weighted by Gasteiger charge is 2.50. The molecule has 0 saturated carbocycles. The van der Waals surface area contributed by atoms with Crippen molar-refractivity contribution < 1.29 is 69.3 Å². The van der Waals surface area contributed by atoms with Gasteiger partial charge in [-0.2, -0.15) is 0 Å². The molecule has 1 aromatic heterocycles. The van der Waals surface area contributed by atoms with Gasteiger partial charge >= 0.3 is 0 Å². The van der Waals surface area contributed by atoms with Crippen molar-refractivity contribution in [2.24, 2.45) is 0 Å². The highest BCUT2D eigenvalue weighted by molar-refractivity contribution is 5.86. The van der Waals surface area contributed by atoms with Gasteiger partial charge in [-0.25, -0.2) is 0 Å². The SMILES string of the molecule is C[C@@H]1O[C@@H](O[C@H]2[C@@H](Oc3cc(O)c4c(=O)cc(-c5ccc(O)c(O)c5)oc4c3)O[C@@H](CO)[C@@H](O)[C@H]2O)[C@H](O)[C@H](O)[C@H]1O. The number of benzene rings is 2. The molecule has 15 heteroatoms. The standard InChI is InChI=1S/C27H30O15/c1-9-20(33)22(35)24(37)26(38-9)42-25-23(36)21(34)18(8-28)41-27(25)39-11-5-14(31)19-15(32)7-16(40-17(19)6-11)10-2-3-12(29)13(30)4-10/h2-7,9,18,20-31,33-37H,8H2,1H3/t9-,18-,20-,21+,22+,23+,24+,25+,26-,27-/m0/s1. The summed E-state index contributed by atoms with van der Waals surface area (Å²) in [5, 5.41) is 91.2. The predicted octanol–water partition coefficient (Wildman–Crippen LogP) is -1.39. The number of rotatable bonds is 6. The lowest BCUT2D eigenvalue weighted by atomic mass is 9.97. The van der Waals surface area contributed by atoms with Crippen molar-refractivity contribution >= 4 is 11.0 Å². The van der Waals surface area contributed by atoms with Crippen molar-refractivity contribution in [1.29, 1.82) is 0 Å². The Morgan fingerprint density at radius 1 is 0.786 bits per heavy atom. The Morgan fingerprint density at radius 2 is 1.52 bits per heavy atom. The van der Waals surface area contributed by atoms with E-state index in [9.17, 15) is 50.8 Å². The van der Waals surface area contributed by atoms with Crippen LogP contribution in [0.1, 0.15) is 6.92 Å². The molecule has 2 aliphatic rings. The molecule has 5 rings (SSSR count). The molecular formula is C27H30O15. The summed E-state index contributed by atoms with van der Waals surface area (Å²) in [5.41, 5.74) is -0.575. The average Bonchev–Trinajstić information content (AvgIpc) is 2.95. The summed E-state index contributed by atoms with van der Waals surface area (Å²) in [4.78, 5) is 12.8. The molecule has 3 heterocycles. The number of phenolic OH excluding ortho intramolecular Hbond substituents is 3. The fourth-order valence-electron chi connectivity index (χ4n) is 4.84. The van der Waals surface area contributed by atoms with Crippen molar-refractivity contribution in [2.75, 3.05) is 6.61 Å². The average molecular weight is 595 g/mol. The van der Waals surface area contributed by atoms with E-state index in [2.05, 4.69) is 0 Å². The van der Waals surface area contributed by atoms with Crippen LogP contribution in [0.5, 0.6) is 23.0 Å². The van der Waals surface area contributed by atoms with Crippen LogP contribution in [0.25, 0.3) is 22.3 Å². The Bertz CT molecular complexity index is 1490.